The van der Waals surface area contributed by atoms with E-state index in [2.05, 4.69) is 35.6 Å². The highest BCUT2D eigenvalue weighted by molar-refractivity contribution is 7.07. The second-order valence-electron chi connectivity index (χ2n) is 5.68. The Morgan fingerprint density at radius 2 is 2.17 bits per heavy atom. The first-order valence-electron chi connectivity index (χ1n) is 7.18. The van der Waals surface area contributed by atoms with Crippen LogP contribution in [0.5, 0.6) is 0 Å². The monoisotopic (exact) mass is 266 g/mol. The van der Waals surface area contributed by atoms with Gasteiger partial charge in [-0.15, -0.1) is 0 Å². The summed E-state index contributed by atoms with van der Waals surface area (Å²) in [4.78, 5) is 2.62. The normalized spacial score (nSPS) is 21.9. The van der Waals surface area contributed by atoms with Crippen molar-refractivity contribution in [1.29, 1.82) is 0 Å². The maximum Gasteiger partial charge on any atom is 0.0329 e. The Hall–Kier alpha value is -0.380. The van der Waals surface area contributed by atoms with Gasteiger partial charge in [-0.2, -0.15) is 11.3 Å². The molecule has 0 aromatic carbocycles. The number of thiophene rings is 1. The summed E-state index contributed by atoms with van der Waals surface area (Å²) in [5.74, 6) is 0. The van der Waals surface area contributed by atoms with Gasteiger partial charge in [-0.25, -0.2) is 0 Å². The number of rotatable bonds is 6. The molecule has 102 valence electrons. The smallest absolute Gasteiger partial charge is 0.0329 e. The molecule has 1 aliphatic heterocycles. The summed E-state index contributed by atoms with van der Waals surface area (Å²) in [6, 6.07) is 2.50. The number of likely N-dealkylation sites (tertiary alicyclic amines) is 1. The Morgan fingerprint density at radius 1 is 1.44 bits per heavy atom. The predicted molar refractivity (Wildman–Crippen MR) is 80.1 cm³/mol. The average Bonchev–Trinajstić information content (AvgIpc) is 3.07. The van der Waals surface area contributed by atoms with Gasteiger partial charge in [0.2, 0.25) is 0 Å². The molecule has 2 nitrogen and oxygen atoms in total. The summed E-state index contributed by atoms with van der Waals surface area (Å²) in [5, 5.41) is 4.40. The second-order valence-corrected chi connectivity index (χ2v) is 6.46. The molecule has 2 N–H and O–H groups in total. The lowest BCUT2D eigenvalue weighted by Crippen LogP contribution is -2.56. The van der Waals surface area contributed by atoms with E-state index in [0.717, 1.165) is 19.3 Å². The molecular formula is C15H26N2S. The molecule has 2 unspecified atom stereocenters. The Morgan fingerprint density at radius 3 is 2.72 bits per heavy atom. The van der Waals surface area contributed by atoms with Crippen molar-refractivity contribution in [2.45, 2.75) is 57.5 Å². The molecule has 1 saturated heterocycles. The summed E-state index contributed by atoms with van der Waals surface area (Å²) in [5.41, 5.74) is 8.15. The van der Waals surface area contributed by atoms with E-state index < -0.39 is 0 Å². The Kier molecular flexibility index (Phi) is 4.82. The fourth-order valence-electron chi connectivity index (χ4n) is 3.02. The molecule has 0 bridgehead atoms. The number of nitrogens with zero attached hydrogens (tertiary/aromatic N) is 1. The van der Waals surface area contributed by atoms with Crippen LogP contribution in [0.25, 0.3) is 0 Å². The van der Waals surface area contributed by atoms with E-state index in [9.17, 15) is 0 Å². The maximum atomic E-state index is 6.52. The van der Waals surface area contributed by atoms with Crippen molar-refractivity contribution in [2.75, 3.05) is 13.1 Å². The first-order chi connectivity index (χ1) is 8.66. The van der Waals surface area contributed by atoms with E-state index in [0.29, 0.717) is 0 Å². The van der Waals surface area contributed by atoms with Gasteiger partial charge in [0, 0.05) is 11.6 Å². The molecular weight excluding hydrogens is 240 g/mol. The average molecular weight is 266 g/mol. The molecule has 1 aromatic heterocycles. The van der Waals surface area contributed by atoms with Crippen LogP contribution in [-0.2, 0) is 6.42 Å². The number of nitrogens with two attached hydrogens (primary N) is 1. The zero-order valence-corrected chi connectivity index (χ0v) is 12.5. The fourth-order valence-corrected chi connectivity index (χ4v) is 3.72. The van der Waals surface area contributed by atoms with Crippen molar-refractivity contribution in [1.82, 2.24) is 4.90 Å². The van der Waals surface area contributed by atoms with E-state index in [-0.39, 0.29) is 11.6 Å². The minimum Gasteiger partial charge on any atom is -0.326 e. The summed E-state index contributed by atoms with van der Waals surface area (Å²) < 4.78 is 0. The lowest BCUT2D eigenvalue weighted by Gasteiger charge is -2.43. The van der Waals surface area contributed by atoms with Gasteiger partial charge in [0.15, 0.2) is 0 Å². The third-order valence-electron chi connectivity index (χ3n) is 4.67. The van der Waals surface area contributed by atoms with Gasteiger partial charge in [-0.05, 0) is 74.5 Å². The Labute approximate surface area is 115 Å². The highest BCUT2D eigenvalue weighted by Gasteiger charge is 2.37. The molecule has 0 radical (unpaired) electrons. The zero-order valence-electron chi connectivity index (χ0n) is 11.7. The molecule has 18 heavy (non-hydrogen) atoms. The van der Waals surface area contributed by atoms with Gasteiger partial charge in [-0.3, -0.25) is 4.90 Å². The lowest BCUT2D eigenvalue weighted by molar-refractivity contribution is 0.0966. The summed E-state index contributed by atoms with van der Waals surface area (Å²) >= 11 is 1.78. The van der Waals surface area contributed by atoms with Gasteiger partial charge in [0.05, 0.1) is 0 Å². The SMILES string of the molecule is CCC(C)(C(N)CCc1ccsc1)N1CCCC1. The fraction of sp³-hybridized carbons (Fsp3) is 0.733. The van der Waals surface area contributed by atoms with Crippen molar-refractivity contribution in [2.24, 2.45) is 5.73 Å². The highest BCUT2D eigenvalue weighted by atomic mass is 32.1. The van der Waals surface area contributed by atoms with Crippen LogP contribution in [0.3, 0.4) is 0 Å². The van der Waals surface area contributed by atoms with Gasteiger partial charge >= 0.3 is 0 Å². The van der Waals surface area contributed by atoms with Crippen molar-refractivity contribution < 1.29 is 0 Å². The van der Waals surface area contributed by atoms with Crippen molar-refractivity contribution >= 4 is 11.3 Å². The van der Waals surface area contributed by atoms with Crippen LogP contribution < -0.4 is 5.73 Å². The summed E-state index contributed by atoms with van der Waals surface area (Å²) in [6.07, 6.45) is 6.04. The number of hydrogen-bond acceptors (Lipinski definition) is 3. The van der Waals surface area contributed by atoms with Crippen molar-refractivity contribution in [3.05, 3.63) is 22.4 Å². The van der Waals surface area contributed by atoms with Crippen LogP contribution in [-0.4, -0.2) is 29.6 Å². The van der Waals surface area contributed by atoms with Gasteiger partial charge in [-0.1, -0.05) is 6.92 Å². The molecule has 3 heteroatoms. The number of hydrogen-bond donors (Lipinski definition) is 1. The highest BCUT2D eigenvalue weighted by Crippen LogP contribution is 2.29. The summed E-state index contributed by atoms with van der Waals surface area (Å²) in [6.45, 7) is 7.10. The number of aryl methyl sites for hydroxylation is 1. The third-order valence-corrected chi connectivity index (χ3v) is 5.40. The van der Waals surface area contributed by atoms with Gasteiger partial charge in [0.1, 0.15) is 0 Å². The molecule has 0 amide bonds. The van der Waals surface area contributed by atoms with Crippen LogP contribution >= 0.6 is 11.3 Å². The second kappa shape index (κ2) is 6.18. The minimum atomic E-state index is 0.187. The third kappa shape index (κ3) is 2.95. The molecule has 1 aromatic rings. The zero-order chi connectivity index (χ0) is 13.0. The molecule has 1 aliphatic rings. The van der Waals surface area contributed by atoms with E-state index in [1.807, 2.05) is 0 Å². The van der Waals surface area contributed by atoms with Gasteiger partial charge < -0.3 is 5.73 Å². The lowest BCUT2D eigenvalue weighted by atomic mass is 9.85. The Balaban J connectivity index is 1.93. The van der Waals surface area contributed by atoms with Crippen LogP contribution in [0.15, 0.2) is 16.8 Å². The largest absolute Gasteiger partial charge is 0.326 e. The van der Waals surface area contributed by atoms with Crippen LogP contribution in [0, 0.1) is 0 Å². The van der Waals surface area contributed by atoms with E-state index in [1.54, 1.807) is 11.3 Å². The molecule has 0 spiro atoms. The quantitative estimate of drug-likeness (QED) is 0.856. The molecule has 2 rings (SSSR count). The first-order valence-corrected chi connectivity index (χ1v) is 8.13. The maximum absolute atomic E-state index is 6.52. The van der Waals surface area contributed by atoms with E-state index in [1.165, 1.54) is 31.5 Å². The van der Waals surface area contributed by atoms with Crippen LogP contribution in [0.4, 0.5) is 0 Å². The van der Waals surface area contributed by atoms with E-state index >= 15 is 0 Å². The standard InChI is InChI=1S/C15H26N2S/c1-3-15(2,17-9-4-5-10-17)14(16)7-6-13-8-11-18-12-13/h8,11-12,14H,3-7,9-10,16H2,1-2H3. The topological polar surface area (TPSA) is 29.3 Å². The predicted octanol–water partition coefficient (Wildman–Crippen LogP) is 3.27. The molecule has 0 aliphatic carbocycles. The van der Waals surface area contributed by atoms with Crippen molar-refractivity contribution in [3.63, 3.8) is 0 Å². The minimum absolute atomic E-state index is 0.187. The van der Waals surface area contributed by atoms with Crippen LogP contribution in [0.1, 0.15) is 45.1 Å². The van der Waals surface area contributed by atoms with E-state index in [4.69, 9.17) is 5.73 Å². The van der Waals surface area contributed by atoms with Crippen LogP contribution in [0.2, 0.25) is 0 Å². The molecule has 2 heterocycles. The molecule has 2 atom stereocenters. The Bertz CT molecular complexity index is 343. The van der Waals surface area contributed by atoms with Gasteiger partial charge in [0.25, 0.3) is 0 Å². The van der Waals surface area contributed by atoms with Crippen molar-refractivity contribution in [3.8, 4) is 0 Å². The first kappa shape index (κ1) is 14.0. The summed E-state index contributed by atoms with van der Waals surface area (Å²) in [7, 11) is 0. The molecule has 0 saturated carbocycles. The molecule has 1 fully saturated rings.